The lowest BCUT2D eigenvalue weighted by Crippen LogP contribution is -2.51. The van der Waals surface area contributed by atoms with E-state index in [9.17, 15) is 18.0 Å². The molecule has 0 saturated carbocycles. The van der Waals surface area contributed by atoms with E-state index in [0.717, 1.165) is 15.8 Å². The van der Waals surface area contributed by atoms with Crippen molar-refractivity contribution in [2.75, 3.05) is 0 Å². The van der Waals surface area contributed by atoms with Crippen molar-refractivity contribution in [1.82, 2.24) is 10.4 Å². The molecule has 0 aliphatic carbocycles. The number of hydrogen-bond donors (Lipinski definition) is 1. The number of hydrazine groups is 1. The highest BCUT2D eigenvalue weighted by atomic mass is 19.4. The predicted molar refractivity (Wildman–Crippen MR) is 90.8 cm³/mol. The normalized spacial score (nSPS) is 19.2. The number of hydrogen-bond acceptors (Lipinski definition) is 2. The highest BCUT2D eigenvalue weighted by Gasteiger charge is 2.53. The minimum Gasteiger partial charge on any atom is -0.287 e. The van der Waals surface area contributed by atoms with Gasteiger partial charge in [-0.3, -0.25) is 10.2 Å². The van der Waals surface area contributed by atoms with Crippen LogP contribution in [0.1, 0.15) is 44.4 Å². The van der Waals surface area contributed by atoms with Crippen LogP contribution < -0.4 is 5.43 Å². The molecule has 1 aliphatic heterocycles. The van der Waals surface area contributed by atoms with Gasteiger partial charge in [0.2, 0.25) is 5.91 Å². The van der Waals surface area contributed by atoms with Crippen molar-refractivity contribution >= 4 is 16.7 Å². The molecule has 0 radical (unpaired) electrons. The molecule has 3 rings (SSSR count). The van der Waals surface area contributed by atoms with Gasteiger partial charge >= 0.3 is 6.18 Å². The maximum atomic E-state index is 14.1. The number of nitrogens with one attached hydrogen (secondary N) is 1. The first kappa shape index (κ1) is 17.7. The minimum absolute atomic E-state index is 0.0363. The molecule has 0 spiro atoms. The maximum Gasteiger partial charge on any atom is 0.409 e. The van der Waals surface area contributed by atoms with Crippen LogP contribution in [0.25, 0.3) is 10.8 Å². The summed E-state index contributed by atoms with van der Waals surface area (Å²) in [4.78, 5) is 11.8. The number of benzene rings is 2. The third kappa shape index (κ3) is 3.23. The molecule has 2 aromatic carbocycles. The third-order valence-electron chi connectivity index (χ3n) is 4.74. The molecule has 2 aromatic rings. The van der Waals surface area contributed by atoms with E-state index in [4.69, 9.17) is 0 Å². The highest BCUT2D eigenvalue weighted by Crippen LogP contribution is 2.44. The van der Waals surface area contributed by atoms with Gasteiger partial charge in [-0.2, -0.15) is 18.2 Å². The van der Waals surface area contributed by atoms with Crippen molar-refractivity contribution < 1.29 is 18.0 Å². The molecule has 0 bridgehead atoms. The zero-order valence-corrected chi connectivity index (χ0v) is 14.4. The molecule has 1 amide bonds. The maximum absolute atomic E-state index is 14.1. The van der Waals surface area contributed by atoms with E-state index in [0.29, 0.717) is 12.0 Å². The second-order valence-corrected chi connectivity index (χ2v) is 7.09. The molecule has 1 aliphatic rings. The summed E-state index contributed by atoms with van der Waals surface area (Å²) in [7, 11) is 0. The predicted octanol–water partition coefficient (Wildman–Crippen LogP) is 4.52. The first-order chi connectivity index (χ1) is 11.6. The van der Waals surface area contributed by atoms with E-state index >= 15 is 0 Å². The van der Waals surface area contributed by atoms with Crippen molar-refractivity contribution in [3.63, 3.8) is 0 Å². The van der Waals surface area contributed by atoms with Crippen molar-refractivity contribution in [3.05, 3.63) is 47.5 Å². The zero-order valence-electron chi connectivity index (χ0n) is 14.4. The highest BCUT2D eigenvalue weighted by molar-refractivity contribution is 5.84. The number of fused-ring (bicyclic) bond motifs is 1. The summed E-state index contributed by atoms with van der Waals surface area (Å²) in [6.07, 6.45) is -4.00. The molecule has 1 unspecified atom stereocenters. The Morgan fingerprint density at radius 2 is 1.80 bits per heavy atom. The second kappa shape index (κ2) is 6.02. The standard InChI is InChI=1S/C19H21F3N2O/c1-4-12-9-13-7-5-6-8-14(13)10-15(12)17(19(20,21)22)24-18(2,3)11-16(25)23-24/h5-10,17H,4,11H2,1-3H3,(H,23,25). The molecular weight excluding hydrogens is 329 g/mol. The molecule has 1 atom stereocenters. The first-order valence-corrected chi connectivity index (χ1v) is 8.30. The summed E-state index contributed by atoms with van der Waals surface area (Å²) in [5.41, 5.74) is 2.34. The van der Waals surface area contributed by atoms with E-state index in [1.807, 2.05) is 31.2 Å². The first-order valence-electron chi connectivity index (χ1n) is 8.30. The molecule has 1 N–H and O–H groups in total. The van der Waals surface area contributed by atoms with Gasteiger partial charge < -0.3 is 0 Å². The van der Waals surface area contributed by atoms with Gasteiger partial charge in [-0.15, -0.1) is 0 Å². The van der Waals surface area contributed by atoms with Crippen LogP contribution in [0.5, 0.6) is 0 Å². The molecule has 1 heterocycles. The monoisotopic (exact) mass is 350 g/mol. The SMILES string of the molecule is CCc1cc2ccccc2cc1C(N1NC(=O)CC1(C)C)C(F)(F)F. The fourth-order valence-electron chi connectivity index (χ4n) is 3.54. The number of aryl methyl sites for hydroxylation is 1. The van der Waals surface area contributed by atoms with E-state index in [1.165, 1.54) is 0 Å². The lowest BCUT2D eigenvalue weighted by atomic mass is 9.91. The van der Waals surface area contributed by atoms with Gasteiger partial charge in [0.25, 0.3) is 0 Å². The van der Waals surface area contributed by atoms with Crippen molar-refractivity contribution in [1.29, 1.82) is 0 Å². The Hall–Kier alpha value is -2.08. The number of carbonyl (C=O) groups excluding carboxylic acids is 1. The number of halogens is 3. The molecule has 6 heteroatoms. The van der Waals surface area contributed by atoms with Crippen LogP contribution in [0.15, 0.2) is 36.4 Å². The zero-order chi connectivity index (χ0) is 18.4. The molecule has 134 valence electrons. The number of alkyl halides is 3. The number of nitrogens with zero attached hydrogens (tertiary/aromatic N) is 1. The van der Waals surface area contributed by atoms with Gasteiger partial charge in [-0.1, -0.05) is 37.3 Å². The Morgan fingerprint density at radius 1 is 1.20 bits per heavy atom. The van der Waals surface area contributed by atoms with Crippen LogP contribution in [0.2, 0.25) is 0 Å². The Balaban J connectivity index is 2.20. The summed E-state index contributed by atoms with van der Waals surface area (Å²) in [6.45, 7) is 5.14. The van der Waals surface area contributed by atoms with Crippen LogP contribution >= 0.6 is 0 Å². The minimum atomic E-state index is -4.51. The van der Waals surface area contributed by atoms with Gasteiger partial charge in [0.05, 0.1) is 0 Å². The van der Waals surface area contributed by atoms with Gasteiger partial charge in [-0.05, 0) is 48.2 Å². The Morgan fingerprint density at radius 3 is 2.28 bits per heavy atom. The average Bonchev–Trinajstić information content (AvgIpc) is 2.77. The van der Waals surface area contributed by atoms with Crippen LogP contribution in [-0.4, -0.2) is 22.6 Å². The number of carbonyl (C=O) groups is 1. The quantitative estimate of drug-likeness (QED) is 0.883. The van der Waals surface area contributed by atoms with Crippen LogP contribution in [-0.2, 0) is 11.2 Å². The van der Waals surface area contributed by atoms with Crippen molar-refractivity contribution in [3.8, 4) is 0 Å². The van der Waals surface area contributed by atoms with E-state index < -0.39 is 23.7 Å². The van der Waals surface area contributed by atoms with Gasteiger partial charge in [-0.25, -0.2) is 0 Å². The third-order valence-corrected chi connectivity index (χ3v) is 4.74. The smallest absolute Gasteiger partial charge is 0.287 e. The fourth-order valence-corrected chi connectivity index (χ4v) is 3.54. The average molecular weight is 350 g/mol. The molecule has 3 nitrogen and oxygen atoms in total. The summed E-state index contributed by atoms with van der Waals surface area (Å²) in [5, 5.41) is 2.74. The summed E-state index contributed by atoms with van der Waals surface area (Å²) < 4.78 is 42.2. The Bertz CT molecular complexity index is 814. The summed E-state index contributed by atoms with van der Waals surface area (Å²) >= 11 is 0. The molecule has 0 aromatic heterocycles. The number of amides is 1. The second-order valence-electron chi connectivity index (χ2n) is 7.09. The summed E-state index contributed by atoms with van der Waals surface area (Å²) in [5.74, 6) is -0.391. The lowest BCUT2D eigenvalue weighted by Gasteiger charge is -2.38. The number of rotatable bonds is 3. The summed E-state index contributed by atoms with van der Waals surface area (Å²) in [6, 6.07) is 8.91. The van der Waals surface area contributed by atoms with E-state index in [1.54, 1.807) is 26.0 Å². The van der Waals surface area contributed by atoms with Crippen molar-refractivity contribution in [2.24, 2.45) is 0 Å². The fraction of sp³-hybridized carbons (Fsp3) is 0.421. The van der Waals surface area contributed by atoms with Gasteiger partial charge in [0.15, 0.2) is 6.04 Å². The van der Waals surface area contributed by atoms with E-state index in [2.05, 4.69) is 5.43 Å². The van der Waals surface area contributed by atoms with Crippen LogP contribution in [0, 0.1) is 0 Å². The van der Waals surface area contributed by atoms with Gasteiger partial charge in [0.1, 0.15) is 0 Å². The lowest BCUT2D eigenvalue weighted by molar-refractivity contribution is -0.204. The molecule has 1 fully saturated rings. The van der Waals surface area contributed by atoms with Crippen LogP contribution in [0.4, 0.5) is 13.2 Å². The van der Waals surface area contributed by atoms with E-state index in [-0.39, 0.29) is 12.0 Å². The molecular formula is C19H21F3N2O. The van der Waals surface area contributed by atoms with Gasteiger partial charge in [0, 0.05) is 12.0 Å². The largest absolute Gasteiger partial charge is 0.409 e. The Kier molecular flexibility index (Phi) is 4.27. The molecule has 1 saturated heterocycles. The van der Waals surface area contributed by atoms with Crippen LogP contribution in [0.3, 0.4) is 0 Å². The van der Waals surface area contributed by atoms with Crippen molar-refractivity contribution in [2.45, 2.75) is 51.4 Å². The molecule has 25 heavy (non-hydrogen) atoms. The topological polar surface area (TPSA) is 32.3 Å². The Labute approximate surface area is 144 Å².